The third-order valence-electron chi connectivity index (χ3n) is 1.20. The molecule has 0 aliphatic rings. The maximum absolute atomic E-state index is 3.47. The van der Waals surface area contributed by atoms with Gasteiger partial charge in [0.15, 0.2) is 0 Å². The molecular formula is C8H8Br. The molecule has 0 saturated carbocycles. The summed E-state index contributed by atoms with van der Waals surface area (Å²) in [5.74, 6) is 0. The molecule has 0 N–H and O–H groups in total. The van der Waals surface area contributed by atoms with E-state index in [4.69, 9.17) is 0 Å². The van der Waals surface area contributed by atoms with Crippen LogP contribution in [0.4, 0.5) is 0 Å². The third-order valence-corrected chi connectivity index (χ3v) is 1.73. The van der Waals surface area contributed by atoms with Crippen LogP contribution in [0, 0.1) is 6.07 Å². The fourth-order valence-electron chi connectivity index (χ4n) is 0.665. The molecular weight excluding hydrogens is 176 g/mol. The molecule has 0 nitrogen and oxygen atoms in total. The van der Waals surface area contributed by atoms with E-state index < -0.39 is 0 Å². The monoisotopic (exact) mass is 183 g/mol. The molecule has 9 heavy (non-hydrogen) atoms. The topological polar surface area (TPSA) is 0 Å². The van der Waals surface area contributed by atoms with Crippen molar-refractivity contribution in [3.05, 3.63) is 35.9 Å². The summed E-state index contributed by atoms with van der Waals surface area (Å²) in [6, 6.07) is 10.9. The summed E-state index contributed by atoms with van der Waals surface area (Å²) in [4.78, 5) is 0.451. The second-order valence-corrected chi connectivity index (χ2v) is 3.32. The Morgan fingerprint density at radius 2 is 2.00 bits per heavy atom. The third kappa shape index (κ3) is 1.83. The molecule has 1 aromatic carbocycles. The minimum atomic E-state index is 0.451. The Hall–Kier alpha value is -0.300. The van der Waals surface area contributed by atoms with E-state index in [9.17, 15) is 0 Å². The number of alkyl halides is 1. The molecule has 0 aliphatic heterocycles. The van der Waals surface area contributed by atoms with Crippen molar-refractivity contribution in [1.29, 1.82) is 0 Å². The number of hydrogen-bond acceptors (Lipinski definition) is 0. The fraction of sp³-hybridized carbons (Fsp3) is 0.250. The van der Waals surface area contributed by atoms with Gasteiger partial charge in [0.1, 0.15) is 0 Å². The molecule has 0 aliphatic carbocycles. The zero-order valence-corrected chi connectivity index (χ0v) is 6.85. The summed E-state index contributed by atoms with van der Waals surface area (Å²) in [7, 11) is 0. The molecule has 1 atom stereocenters. The van der Waals surface area contributed by atoms with Gasteiger partial charge in [-0.1, -0.05) is 40.2 Å². The van der Waals surface area contributed by atoms with Gasteiger partial charge in [-0.3, -0.25) is 0 Å². The number of halogens is 1. The Kier molecular flexibility index (Phi) is 2.29. The van der Waals surface area contributed by atoms with E-state index in [-0.39, 0.29) is 0 Å². The van der Waals surface area contributed by atoms with Crippen molar-refractivity contribution < 1.29 is 0 Å². The van der Waals surface area contributed by atoms with Crippen molar-refractivity contribution in [3.8, 4) is 0 Å². The Bertz CT molecular complexity index is 167. The van der Waals surface area contributed by atoms with Gasteiger partial charge in [0.25, 0.3) is 0 Å². The maximum atomic E-state index is 3.47. The van der Waals surface area contributed by atoms with Crippen molar-refractivity contribution in [2.75, 3.05) is 0 Å². The van der Waals surface area contributed by atoms with Gasteiger partial charge < -0.3 is 0 Å². The molecule has 47 valence electrons. The molecule has 0 bridgehead atoms. The summed E-state index contributed by atoms with van der Waals surface area (Å²) in [6.45, 7) is 2.11. The highest BCUT2D eigenvalue weighted by Gasteiger charge is 1.95. The van der Waals surface area contributed by atoms with Crippen LogP contribution in [0.1, 0.15) is 17.3 Å². The zero-order valence-electron chi connectivity index (χ0n) is 5.26. The van der Waals surface area contributed by atoms with Crippen LogP contribution in [0.3, 0.4) is 0 Å². The smallest absolute Gasteiger partial charge is 0.0367 e. The molecule has 1 aromatic rings. The highest BCUT2D eigenvalue weighted by molar-refractivity contribution is 9.09. The van der Waals surface area contributed by atoms with Crippen LogP contribution < -0.4 is 0 Å². The normalized spacial score (nSPS) is 13.1. The first-order chi connectivity index (χ1) is 4.30. The van der Waals surface area contributed by atoms with Crippen LogP contribution in [0.2, 0.25) is 0 Å². The zero-order chi connectivity index (χ0) is 6.69. The molecule has 0 amide bonds. The van der Waals surface area contributed by atoms with Gasteiger partial charge in [0, 0.05) is 4.83 Å². The minimum Gasteiger partial charge on any atom is -0.0842 e. The number of rotatable bonds is 1. The van der Waals surface area contributed by atoms with Crippen LogP contribution >= 0.6 is 15.9 Å². The Morgan fingerprint density at radius 1 is 1.44 bits per heavy atom. The number of hydrogen-bond donors (Lipinski definition) is 0. The largest absolute Gasteiger partial charge is 0.0842 e. The molecule has 1 rings (SSSR count). The standard InChI is InChI=1S/C8H8Br/c1-7(9)8-5-3-2-4-6-8/h3-7H,1H3. The summed E-state index contributed by atoms with van der Waals surface area (Å²) >= 11 is 3.47. The lowest BCUT2D eigenvalue weighted by Gasteiger charge is -1.99. The fourth-order valence-corrected chi connectivity index (χ4v) is 0.970. The van der Waals surface area contributed by atoms with E-state index in [1.165, 1.54) is 5.56 Å². The van der Waals surface area contributed by atoms with Crippen molar-refractivity contribution in [2.45, 2.75) is 11.8 Å². The van der Waals surface area contributed by atoms with Gasteiger partial charge in [0.2, 0.25) is 0 Å². The van der Waals surface area contributed by atoms with Crippen LogP contribution in [-0.4, -0.2) is 0 Å². The van der Waals surface area contributed by atoms with Gasteiger partial charge in [0.05, 0.1) is 0 Å². The highest BCUT2D eigenvalue weighted by atomic mass is 79.9. The van der Waals surface area contributed by atoms with Crippen LogP contribution in [0.25, 0.3) is 0 Å². The molecule has 1 heteroatoms. The van der Waals surface area contributed by atoms with E-state index in [1.807, 2.05) is 12.1 Å². The molecule has 0 aromatic heterocycles. The van der Waals surface area contributed by atoms with Crippen LogP contribution in [0.15, 0.2) is 24.3 Å². The molecule has 0 spiro atoms. The first kappa shape index (κ1) is 6.81. The van der Waals surface area contributed by atoms with Crippen molar-refractivity contribution in [3.63, 3.8) is 0 Å². The van der Waals surface area contributed by atoms with Crippen LogP contribution in [0.5, 0.6) is 0 Å². The highest BCUT2D eigenvalue weighted by Crippen LogP contribution is 2.19. The molecule has 1 unspecified atom stereocenters. The SMILES string of the molecule is CC(Br)c1cc[c]cc1. The Labute approximate surface area is 64.0 Å². The molecule has 0 heterocycles. The molecule has 1 radical (unpaired) electrons. The van der Waals surface area contributed by atoms with E-state index in [1.54, 1.807) is 0 Å². The van der Waals surface area contributed by atoms with Gasteiger partial charge in [-0.2, -0.15) is 0 Å². The first-order valence-electron chi connectivity index (χ1n) is 2.91. The molecule has 0 fully saturated rings. The van der Waals surface area contributed by atoms with E-state index >= 15 is 0 Å². The first-order valence-corrected chi connectivity index (χ1v) is 3.82. The van der Waals surface area contributed by atoms with Gasteiger partial charge >= 0.3 is 0 Å². The van der Waals surface area contributed by atoms with E-state index in [2.05, 4.69) is 41.1 Å². The van der Waals surface area contributed by atoms with Crippen LogP contribution in [-0.2, 0) is 0 Å². The lowest BCUT2D eigenvalue weighted by Crippen LogP contribution is -1.79. The van der Waals surface area contributed by atoms with E-state index in [0.717, 1.165) is 0 Å². The summed E-state index contributed by atoms with van der Waals surface area (Å²) in [5.41, 5.74) is 1.30. The van der Waals surface area contributed by atoms with Crippen molar-refractivity contribution >= 4 is 15.9 Å². The second kappa shape index (κ2) is 3.02. The summed E-state index contributed by atoms with van der Waals surface area (Å²) < 4.78 is 0. The van der Waals surface area contributed by atoms with E-state index in [0.29, 0.717) is 4.83 Å². The van der Waals surface area contributed by atoms with Gasteiger partial charge in [-0.25, -0.2) is 0 Å². The average Bonchev–Trinajstić information content (AvgIpc) is 1.90. The Morgan fingerprint density at radius 3 is 2.33 bits per heavy atom. The van der Waals surface area contributed by atoms with Crippen molar-refractivity contribution in [1.82, 2.24) is 0 Å². The van der Waals surface area contributed by atoms with Gasteiger partial charge in [-0.05, 0) is 18.6 Å². The Balaban J connectivity index is 2.85. The molecule has 0 saturated heterocycles. The number of benzene rings is 1. The summed E-state index contributed by atoms with van der Waals surface area (Å²) in [6.07, 6.45) is 0. The van der Waals surface area contributed by atoms with Crippen molar-refractivity contribution in [2.24, 2.45) is 0 Å². The average molecular weight is 184 g/mol. The quantitative estimate of drug-likeness (QED) is 0.588. The minimum absolute atomic E-state index is 0.451. The predicted octanol–water partition coefficient (Wildman–Crippen LogP) is 2.94. The maximum Gasteiger partial charge on any atom is 0.0367 e. The summed E-state index contributed by atoms with van der Waals surface area (Å²) in [5, 5.41) is 0. The van der Waals surface area contributed by atoms with Gasteiger partial charge in [-0.15, -0.1) is 0 Å². The second-order valence-electron chi connectivity index (χ2n) is 1.95. The lowest BCUT2D eigenvalue weighted by atomic mass is 10.2. The lowest BCUT2D eigenvalue weighted by molar-refractivity contribution is 1.12. The predicted molar refractivity (Wildman–Crippen MR) is 42.6 cm³/mol.